The van der Waals surface area contributed by atoms with Gasteiger partial charge in [0.2, 0.25) is 5.91 Å². The van der Waals surface area contributed by atoms with Crippen molar-refractivity contribution in [1.82, 2.24) is 15.1 Å². The van der Waals surface area contributed by atoms with Gasteiger partial charge in [-0.2, -0.15) is 5.26 Å². The first-order valence-corrected chi connectivity index (χ1v) is 9.44. The van der Waals surface area contributed by atoms with Crippen LogP contribution in [0.2, 0.25) is 0 Å². The summed E-state index contributed by atoms with van der Waals surface area (Å²) in [6.45, 7) is 3.98. The molecule has 1 saturated heterocycles. The molecule has 0 bridgehead atoms. The maximum absolute atomic E-state index is 13.1. The highest BCUT2D eigenvalue weighted by atomic mass is 16.5. The molecule has 0 spiro atoms. The van der Waals surface area contributed by atoms with E-state index in [1.165, 1.54) is 0 Å². The predicted octanol–water partition coefficient (Wildman–Crippen LogP) is 2.17. The summed E-state index contributed by atoms with van der Waals surface area (Å²) in [6, 6.07) is 16.8. The topological polar surface area (TPSA) is 68.6 Å². The Labute approximate surface area is 166 Å². The van der Waals surface area contributed by atoms with E-state index < -0.39 is 0 Å². The Morgan fingerprint density at radius 3 is 2.32 bits per heavy atom. The van der Waals surface area contributed by atoms with Gasteiger partial charge >= 0.3 is 0 Å². The summed E-state index contributed by atoms with van der Waals surface area (Å²) in [4.78, 5) is 17.6. The number of hydrogen-bond acceptors (Lipinski definition) is 5. The Hall–Kier alpha value is -2.88. The standard InChI is InChI=1S/C22H26N4O2/c1-25-11-13-26(14-12-25)21(19-7-3-17(15-23)4-8-19)22(27)24-16-18-5-9-20(28-2)10-6-18/h3-10,21H,11-14,16H2,1-2H3,(H,24,27). The third-order valence-corrected chi connectivity index (χ3v) is 5.13. The van der Waals surface area contributed by atoms with Gasteiger partial charge in [0.1, 0.15) is 11.8 Å². The minimum atomic E-state index is -0.361. The van der Waals surface area contributed by atoms with E-state index in [0.29, 0.717) is 12.1 Å². The third-order valence-electron chi connectivity index (χ3n) is 5.13. The number of rotatable bonds is 6. The molecule has 0 aromatic heterocycles. The molecule has 6 heteroatoms. The van der Waals surface area contributed by atoms with Crippen molar-refractivity contribution in [2.75, 3.05) is 40.3 Å². The van der Waals surface area contributed by atoms with Crippen molar-refractivity contribution >= 4 is 5.91 Å². The second kappa shape index (κ2) is 9.36. The molecular weight excluding hydrogens is 352 g/mol. The molecule has 1 unspecified atom stereocenters. The molecule has 1 amide bonds. The highest BCUT2D eigenvalue weighted by Gasteiger charge is 2.29. The van der Waals surface area contributed by atoms with Crippen LogP contribution in [0, 0.1) is 11.3 Å². The number of nitrogens with one attached hydrogen (secondary N) is 1. The normalized spacial score (nSPS) is 16.2. The van der Waals surface area contributed by atoms with Gasteiger partial charge in [-0.1, -0.05) is 24.3 Å². The number of hydrogen-bond donors (Lipinski definition) is 1. The first-order chi connectivity index (χ1) is 13.6. The number of carbonyl (C=O) groups is 1. The molecule has 2 aromatic carbocycles. The van der Waals surface area contributed by atoms with Gasteiger partial charge in [0.05, 0.1) is 18.7 Å². The molecular formula is C22H26N4O2. The van der Waals surface area contributed by atoms with E-state index in [1.807, 2.05) is 36.4 Å². The first-order valence-electron chi connectivity index (χ1n) is 9.44. The van der Waals surface area contributed by atoms with Gasteiger partial charge in [-0.3, -0.25) is 9.69 Å². The number of carbonyl (C=O) groups excluding carboxylic acids is 1. The van der Waals surface area contributed by atoms with Crippen molar-refractivity contribution in [1.29, 1.82) is 5.26 Å². The SMILES string of the molecule is COc1ccc(CNC(=O)C(c2ccc(C#N)cc2)N2CCN(C)CC2)cc1. The molecule has 0 radical (unpaired) electrons. The maximum Gasteiger partial charge on any atom is 0.242 e. The highest BCUT2D eigenvalue weighted by molar-refractivity contribution is 5.83. The molecule has 6 nitrogen and oxygen atoms in total. The Bertz CT molecular complexity index is 819. The van der Waals surface area contributed by atoms with Crippen molar-refractivity contribution in [2.45, 2.75) is 12.6 Å². The van der Waals surface area contributed by atoms with Crippen LogP contribution in [0.1, 0.15) is 22.7 Å². The summed E-state index contributed by atoms with van der Waals surface area (Å²) in [6.07, 6.45) is 0. The number of ether oxygens (including phenoxy) is 1. The summed E-state index contributed by atoms with van der Waals surface area (Å²) in [7, 11) is 3.73. The number of nitriles is 1. The molecule has 28 heavy (non-hydrogen) atoms. The number of nitrogens with zero attached hydrogens (tertiary/aromatic N) is 3. The van der Waals surface area contributed by atoms with Crippen molar-refractivity contribution < 1.29 is 9.53 Å². The van der Waals surface area contributed by atoms with Crippen molar-refractivity contribution in [2.24, 2.45) is 0 Å². The molecule has 1 fully saturated rings. The fourth-order valence-electron chi connectivity index (χ4n) is 3.38. The molecule has 146 valence electrons. The van der Waals surface area contributed by atoms with Crippen LogP contribution < -0.4 is 10.1 Å². The molecule has 1 aliphatic rings. The quantitative estimate of drug-likeness (QED) is 0.834. The molecule has 1 atom stereocenters. The Kier molecular flexibility index (Phi) is 6.64. The van der Waals surface area contributed by atoms with Crippen LogP contribution in [0.5, 0.6) is 5.75 Å². The second-order valence-electron chi connectivity index (χ2n) is 7.04. The minimum Gasteiger partial charge on any atom is -0.497 e. The van der Waals surface area contributed by atoms with E-state index in [0.717, 1.165) is 43.1 Å². The van der Waals surface area contributed by atoms with Crippen molar-refractivity contribution in [3.05, 3.63) is 65.2 Å². The lowest BCUT2D eigenvalue weighted by molar-refractivity contribution is -0.127. The van der Waals surface area contributed by atoms with Crippen molar-refractivity contribution in [3.8, 4) is 11.8 Å². The molecule has 1 aliphatic heterocycles. The zero-order chi connectivity index (χ0) is 19.9. The Morgan fingerprint density at radius 1 is 1.11 bits per heavy atom. The predicted molar refractivity (Wildman–Crippen MR) is 108 cm³/mol. The van der Waals surface area contributed by atoms with Crippen LogP contribution in [0.15, 0.2) is 48.5 Å². The average Bonchev–Trinajstić information content (AvgIpc) is 2.74. The van der Waals surface area contributed by atoms with Crippen LogP contribution in [-0.4, -0.2) is 56.0 Å². The van der Waals surface area contributed by atoms with Gasteiger partial charge in [-0.25, -0.2) is 0 Å². The molecule has 3 rings (SSSR count). The van der Waals surface area contributed by atoms with Crippen LogP contribution >= 0.6 is 0 Å². The fraction of sp³-hybridized carbons (Fsp3) is 0.364. The van der Waals surface area contributed by atoms with Gasteiger partial charge in [0.15, 0.2) is 0 Å². The molecule has 1 heterocycles. The van der Waals surface area contributed by atoms with E-state index in [1.54, 1.807) is 19.2 Å². The molecule has 2 aromatic rings. The van der Waals surface area contributed by atoms with Crippen LogP contribution in [0.4, 0.5) is 0 Å². The number of benzene rings is 2. The molecule has 0 saturated carbocycles. The van der Waals surface area contributed by atoms with E-state index >= 15 is 0 Å². The van der Waals surface area contributed by atoms with Crippen LogP contribution in [0.3, 0.4) is 0 Å². The van der Waals surface area contributed by atoms with Gasteiger partial charge in [-0.15, -0.1) is 0 Å². The monoisotopic (exact) mass is 378 g/mol. The summed E-state index contributed by atoms with van der Waals surface area (Å²) < 4.78 is 5.18. The summed E-state index contributed by atoms with van der Waals surface area (Å²) >= 11 is 0. The van der Waals surface area contributed by atoms with E-state index in [9.17, 15) is 4.79 Å². The van der Waals surface area contributed by atoms with Crippen LogP contribution in [-0.2, 0) is 11.3 Å². The highest BCUT2D eigenvalue weighted by Crippen LogP contribution is 2.23. The Morgan fingerprint density at radius 2 is 1.75 bits per heavy atom. The minimum absolute atomic E-state index is 0.0231. The van der Waals surface area contributed by atoms with E-state index in [2.05, 4.69) is 28.2 Å². The zero-order valence-electron chi connectivity index (χ0n) is 16.4. The van der Waals surface area contributed by atoms with Gasteiger partial charge < -0.3 is 15.0 Å². The molecule has 0 aliphatic carbocycles. The van der Waals surface area contributed by atoms with Gasteiger partial charge in [-0.05, 0) is 42.4 Å². The second-order valence-corrected chi connectivity index (χ2v) is 7.04. The Balaban J connectivity index is 1.74. The zero-order valence-corrected chi connectivity index (χ0v) is 16.4. The van der Waals surface area contributed by atoms with Crippen LogP contribution in [0.25, 0.3) is 0 Å². The maximum atomic E-state index is 13.1. The van der Waals surface area contributed by atoms with Gasteiger partial charge in [0, 0.05) is 32.7 Å². The average molecular weight is 378 g/mol. The first kappa shape index (κ1) is 19.9. The number of likely N-dealkylation sites (N-methyl/N-ethyl adjacent to an activating group) is 1. The number of amides is 1. The number of methoxy groups -OCH3 is 1. The summed E-state index contributed by atoms with van der Waals surface area (Å²) in [5, 5.41) is 12.1. The lowest BCUT2D eigenvalue weighted by Gasteiger charge is -2.37. The smallest absolute Gasteiger partial charge is 0.242 e. The molecule has 1 N–H and O–H groups in total. The number of piperazine rings is 1. The summed E-state index contributed by atoms with van der Waals surface area (Å²) in [5.74, 6) is 0.771. The lowest BCUT2D eigenvalue weighted by atomic mass is 10.0. The van der Waals surface area contributed by atoms with E-state index in [4.69, 9.17) is 10.00 Å². The summed E-state index contributed by atoms with van der Waals surface area (Å²) in [5.41, 5.74) is 2.53. The lowest BCUT2D eigenvalue weighted by Crippen LogP contribution is -2.49. The third kappa shape index (κ3) is 4.89. The van der Waals surface area contributed by atoms with Gasteiger partial charge in [0.25, 0.3) is 0 Å². The largest absolute Gasteiger partial charge is 0.497 e. The van der Waals surface area contributed by atoms with Crippen molar-refractivity contribution in [3.63, 3.8) is 0 Å². The van der Waals surface area contributed by atoms with E-state index in [-0.39, 0.29) is 11.9 Å². The fourth-order valence-corrected chi connectivity index (χ4v) is 3.38.